The van der Waals surface area contributed by atoms with Crippen LogP contribution >= 0.6 is 0 Å². The number of aromatic nitrogens is 3. The molecule has 0 aliphatic carbocycles. The van der Waals surface area contributed by atoms with E-state index in [1.807, 2.05) is 10.9 Å². The van der Waals surface area contributed by atoms with Crippen molar-refractivity contribution >= 4 is 10.9 Å². The molecule has 0 spiro atoms. The second-order valence-electron chi connectivity index (χ2n) is 8.37. The van der Waals surface area contributed by atoms with Gasteiger partial charge in [0.25, 0.3) is 0 Å². The van der Waals surface area contributed by atoms with Crippen molar-refractivity contribution in [2.24, 2.45) is 0 Å². The van der Waals surface area contributed by atoms with Crippen molar-refractivity contribution in [2.75, 3.05) is 32.8 Å². The summed E-state index contributed by atoms with van der Waals surface area (Å²) in [6.45, 7) is 7.93. The molecule has 2 aliphatic rings. The van der Waals surface area contributed by atoms with Crippen molar-refractivity contribution in [1.82, 2.24) is 19.2 Å². The SMILES string of the molecule is Cc1cnn(CCN2CCC(Oc3cccc4c3ccn4C3CCOC3)CC2)c1. The fourth-order valence-electron chi connectivity index (χ4n) is 4.59. The minimum absolute atomic E-state index is 0.293. The summed E-state index contributed by atoms with van der Waals surface area (Å²) in [4.78, 5) is 2.52. The maximum absolute atomic E-state index is 6.47. The van der Waals surface area contributed by atoms with Crippen molar-refractivity contribution in [3.63, 3.8) is 0 Å². The molecular formula is C23H30N4O2. The fraction of sp³-hybridized carbons (Fsp3) is 0.522. The Bertz CT molecular complexity index is 949. The highest BCUT2D eigenvalue weighted by Crippen LogP contribution is 2.32. The molecule has 0 bridgehead atoms. The molecule has 5 rings (SSSR count). The predicted octanol–water partition coefficient (Wildman–Crippen LogP) is 3.65. The first-order valence-electron chi connectivity index (χ1n) is 10.8. The van der Waals surface area contributed by atoms with Crippen LogP contribution in [0.4, 0.5) is 0 Å². The largest absolute Gasteiger partial charge is 0.490 e. The average molecular weight is 395 g/mol. The smallest absolute Gasteiger partial charge is 0.129 e. The topological polar surface area (TPSA) is 44.5 Å². The zero-order chi connectivity index (χ0) is 19.6. The van der Waals surface area contributed by atoms with Crippen LogP contribution in [0.1, 0.15) is 30.9 Å². The third kappa shape index (κ3) is 4.05. The number of fused-ring (bicyclic) bond motifs is 1. The zero-order valence-corrected chi connectivity index (χ0v) is 17.2. The second kappa shape index (κ2) is 8.20. The quantitative estimate of drug-likeness (QED) is 0.640. The number of nitrogens with zero attached hydrogens (tertiary/aromatic N) is 4. The normalized spacial score (nSPS) is 21.2. The molecule has 4 heterocycles. The van der Waals surface area contributed by atoms with E-state index in [4.69, 9.17) is 9.47 Å². The van der Waals surface area contributed by atoms with Gasteiger partial charge >= 0.3 is 0 Å². The number of benzene rings is 1. The van der Waals surface area contributed by atoms with Crippen LogP contribution in [0.2, 0.25) is 0 Å². The van der Waals surface area contributed by atoms with Crippen LogP contribution < -0.4 is 4.74 Å². The Kier molecular flexibility index (Phi) is 5.29. The molecule has 154 valence electrons. The number of aryl methyl sites for hydroxylation is 1. The lowest BCUT2D eigenvalue weighted by atomic mass is 10.1. The zero-order valence-electron chi connectivity index (χ0n) is 17.2. The monoisotopic (exact) mass is 394 g/mol. The summed E-state index contributed by atoms with van der Waals surface area (Å²) >= 11 is 0. The summed E-state index contributed by atoms with van der Waals surface area (Å²) in [5.74, 6) is 1.02. The van der Waals surface area contributed by atoms with Gasteiger partial charge in [0.15, 0.2) is 0 Å². The molecule has 0 amide bonds. The van der Waals surface area contributed by atoms with Crippen LogP contribution in [0.15, 0.2) is 42.9 Å². The van der Waals surface area contributed by atoms with Gasteiger partial charge in [-0.15, -0.1) is 0 Å². The van der Waals surface area contributed by atoms with Crippen molar-refractivity contribution in [1.29, 1.82) is 0 Å². The lowest BCUT2D eigenvalue weighted by Gasteiger charge is -2.32. The number of rotatable bonds is 6. The summed E-state index contributed by atoms with van der Waals surface area (Å²) in [7, 11) is 0. The summed E-state index contributed by atoms with van der Waals surface area (Å²) < 4.78 is 16.4. The van der Waals surface area contributed by atoms with E-state index in [2.05, 4.69) is 58.1 Å². The van der Waals surface area contributed by atoms with Crippen molar-refractivity contribution < 1.29 is 9.47 Å². The Labute approximate surface area is 172 Å². The van der Waals surface area contributed by atoms with Crippen LogP contribution in [-0.2, 0) is 11.3 Å². The van der Waals surface area contributed by atoms with Crippen LogP contribution in [0.25, 0.3) is 10.9 Å². The highest BCUT2D eigenvalue weighted by Gasteiger charge is 2.23. The molecule has 2 saturated heterocycles. The Morgan fingerprint density at radius 2 is 2.03 bits per heavy atom. The van der Waals surface area contributed by atoms with Gasteiger partial charge in [0.2, 0.25) is 0 Å². The minimum atomic E-state index is 0.293. The number of hydrogen-bond acceptors (Lipinski definition) is 4. The van der Waals surface area contributed by atoms with Gasteiger partial charge in [0.05, 0.1) is 30.9 Å². The molecule has 0 saturated carbocycles. The van der Waals surface area contributed by atoms with Gasteiger partial charge in [-0.2, -0.15) is 5.10 Å². The fourth-order valence-corrected chi connectivity index (χ4v) is 4.59. The van der Waals surface area contributed by atoms with E-state index in [1.165, 1.54) is 16.5 Å². The van der Waals surface area contributed by atoms with Gasteiger partial charge in [0, 0.05) is 44.0 Å². The Hall–Kier alpha value is -2.31. The van der Waals surface area contributed by atoms with Crippen LogP contribution in [0, 0.1) is 6.92 Å². The molecule has 3 aromatic rings. The van der Waals surface area contributed by atoms with E-state index in [0.717, 1.165) is 64.4 Å². The molecule has 1 unspecified atom stereocenters. The summed E-state index contributed by atoms with van der Waals surface area (Å²) in [6, 6.07) is 9.07. The van der Waals surface area contributed by atoms with Gasteiger partial charge in [-0.1, -0.05) is 6.07 Å². The first kappa shape index (κ1) is 18.7. The molecule has 6 nitrogen and oxygen atoms in total. The lowest BCUT2D eigenvalue weighted by Crippen LogP contribution is -2.39. The number of hydrogen-bond donors (Lipinski definition) is 0. The van der Waals surface area contributed by atoms with E-state index in [1.54, 1.807) is 0 Å². The first-order valence-corrected chi connectivity index (χ1v) is 10.8. The van der Waals surface area contributed by atoms with E-state index in [9.17, 15) is 0 Å². The molecular weight excluding hydrogens is 364 g/mol. The van der Waals surface area contributed by atoms with Gasteiger partial charge < -0.3 is 18.9 Å². The summed E-state index contributed by atoms with van der Waals surface area (Å²) in [6.07, 6.45) is 9.76. The predicted molar refractivity (Wildman–Crippen MR) is 113 cm³/mol. The molecule has 1 atom stereocenters. The number of piperidine rings is 1. The molecule has 0 N–H and O–H groups in total. The highest BCUT2D eigenvalue weighted by molar-refractivity contribution is 5.86. The van der Waals surface area contributed by atoms with Gasteiger partial charge in [0.1, 0.15) is 11.9 Å². The van der Waals surface area contributed by atoms with E-state index in [0.29, 0.717) is 12.1 Å². The number of ether oxygens (including phenoxy) is 2. The van der Waals surface area contributed by atoms with Crippen molar-refractivity contribution in [3.8, 4) is 5.75 Å². The van der Waals surface area contributed by atoms with Crippen LogP contribution in [-0.4, -0.2) is 58.2 Å². The summed E-state index contributed by atoms with van der Waals surface area (Å²) in [5, 5.41) is 5.60. The molecule has 2 aromatic heterocycles. The first-order chi connectivity index (χ1) is 14.3. The minimum Gasteiger partial charge on any atom is -0.490 e. The van der Waals surface area contributed by atoms with Crippen molar-refractivity contribution in [2.45, 2.75) is 44.9 Å². The Balaban J connectivity index is 1.19. The Morgan fingerprint density at radius 1 is 1.14 bits per heavy atom. The maximum Gasteiger partial charge on any atom is 0.129 e. The highest BCUT2D eigenvalue weighted by atomic mass is 16.5. The third-order valence-electron chi connectivity index (χ3n) is 6.26. The number of likely N-dealkylation sites (tertiary alicyclic amines) is 1. The Morgan fingerprint density at radius 3 is 2.79 bits per heavy atom. The maximum atomic E-state index is 6.47. The van der Waals surface area contributed by atoms with E-state index in [-0.39, 0.29) is 0 Å². The molecule has 1 aromatic carbocycles. The molecule has 29 heavy (non-hydrogen) atoms. The molecule has 2 fully saturated rings. The third-order valence-corrected chi connectivity index (χ3v) is 6.26. The van der Waals surface area contributed by atoms with Gasteiger partial charge in [-0.25, -0.2) is 0 Å². The van der Waals surface area contributed by atoms with Crippen LogP contribution in [0.3, 0.4) is 0 Å². The van der Waals surface area contributed by atoms with Gasteiger partial charge in [-0.05, 0) is 49.9 Å². The van der Waals surface area contributed by atoms with Crippen LogP contribution in [0.5, 0.6) is 5.75 Å². The second-order valence-corrected chi connectivity index (χ2v) is 8.37. The lowest BCUT2D eigenvalue weighted by molar-refractivity contribution is 0.0991. The van der Waals surface area contributed by atoms with E-state index < -0.39 is 0 Å². The van der Waals surface area contributed by atoms with Crippen molar-refractivity contribution in [3.05, 3.63) is 48.4 Å². The van der Waals surface area contributed by atoms with Gasteiger partial charge in [-0.3, -0.25) is 4.68 Å². The molecule has 0 radical (unpaired) electrons. The average Bonchev–Trinajstić information content (AvgIpc) is 3.48. The standard InChI is InChI=1S/C23H30N4O2/c1-18-15-24-26(16-18)13-12-25-9-5-20(6-10-25)29-23-4-2-3-22-21(23)7-11-27(22)19-8-14-28-17-19/h2-4,7,11,15-16,19-20H,5-6,8-10,12-14,17H2,1H3. The van der Waals surface area contributed by atoms with E-state index >= 15 is 0 Å². The molecule has 6 heteroatoms. The summed E-state index contributed by atoms with van der Waals surface area (Å²) in [5.41, 5.74) is 2.48. The molecule has 2 aliphatic heterocycles.